The van der Waals surface area contributed by atoms with Crippen LogP contribution in [-0.4, -0.2) is 87.1 Å². The standard InChI is InChI=1S/C22H21FN4O2S.C21H18ClFN4O2S/c1-15-3-2-4-17(13-15)30(28,29)27-10-7-19-21(27)18-6-5-16(23)14-20(18)25-22(19)26-11-8-24-9-12-26;22-14-2-1-3-16(12-14)30(28,29)27-9-6-18-20(27)17-5-4-15(23)13-19(17)25-21(18)26-10-7-24-8-11-26/h2-7,10,13-14,24H,8-9,11-12H2,1H3;1-6,9,12-13,24H,7-8,10-11H2. The van der Waals surface area contributed by atoms with Gasteiger partial charge in [-0.1, -0.05) is 29.8 Å². The highest BCUT2D eigenvalue weighted by atomic mass is 35.5. The smallest absolute Gasteiger partial charge is 0.268 e. The van der Waals surface area contributed by atoms with Crippen LogP contribution in [0.25, 0.3) is 43.6 Å². The molecule has 0 unspecified atom stereocenters. The molecule has 2 aliphatic rings. The van der Waals surface area contributed by atoms with Crippen LogP contribution in [0.1, 0.15) is 5.56 Å². The van der Waals surface area contributed by atoms with Crippen LogP contribution < -0.4 is 20.4 Å². The number of piperazine rings is 2. The van der Waals surface area contributed by atoms with Gasteiger partial charge in [-0.15, -0.1) is 0 Å². The Hall–Kier alpha value is -5.65. The molecule has 12 nitrogen and oxygen atoms in total. The zero-order chi connectivity index (χ0) is 41.8. The molecule has 17 heteroatoms. The van der Waals surface area contributed by atoms with Crippen molar-refractivity contribution in [2.45, 2.75) is 16.7 Å². The van der Waals surface area contributed by atoms with E-state index >= 15 is 0 Å². The van der Waals surface area contributed by atoms with Crippen molar-refractivity contribution in [3.63, 3.8) is 0 Å². The van der Waals surface area contributed by atoms with E-state index < -0.39 is 31.7 Å². The maximum Gasteiger partial charge on any atom is 0.268 e. The molecule has 10 rings (SSSR count). The number of rotatable bonds is 6. The number of nitrogens with zero attached hydrogens (tertiary/aromatic N) is 6. The average Bonchev–Trinajstić information content (AvgIpc) is 3.91. The number of benzene rings is 4. The summed E-state index contributed by atoms with van der Waals surface area (Å²) >= 11 is 6.03. The second-order valence-corrected chi connectivity index (χ2v) is 18.8. The van der Waals surface area contributed by atoms with Crippen molar-refractivity contribution in [1.82, 2.24) is 28.5 Å². The van der Waals surface area contributed by atoms with Crippen LogP contribution in [0.2, 0.25) is 5.02 Å². The lowest BCUT2D eigenvalue weighted by Crippen LogP contribution is -2.44. The third kappa shape index (κ3) is 7.21. The lowest BCUT2D eigenvalue weighted by Gasteiger charge is -2.29. The van der Waals surface area contributed by atoms with Crippen LogP contribution >= 0.6 is 11.6 Å². The van der Waals surface area contributed by atoms with Crippen LogP contribution in [0, 0.1) is 18.6 Å². The largest absolute Gasteiger partial charge is 0.353 e. The number of pyridine rings is 2. The number of halogens is 3. The summed E-state index contributed by atoms with van der Waals surface area (Å²) in [4.78, 5) is 13.9. The molecule has 2 aliphatic heterocycles. The van der Waals surface area contributed by atoms with Gasteiger partial charge >= 0.3 is 0 Å². The summed E-state index contributed by atoms with van der Waals surface area (Å²) in [7, 11) is -7.74. The van der Waals surface area contributed by atoms with E-state index in [1.54, 1.807) is 60.8 Å². The first-order valence-corrected chi connectivity index (χ1v) is 22.6. The molecular weight excluding hydrogens is 830 g/mol. The van der Waals surface area contributed by atoms with Crippen LogP contribution in [0.5, 0.6) is 0 Å². The molecule has 8 aromatic rings. The zero-order valence-corrected chi connectivity index (χ0v) is 34.7. The zero-order valence-electron chi connectivity index (χ0n) is 32.3. The van der Waals surface area contributed by atoms with Gasteiger partial charge in [-0.2, -0.15) is 0 Å². The SMILES string of the molecule is Cc1cccc(S(=O)(=O)n2ccc3c(N4CCNCC4)nc4cc(F)ccc4c32)c1.O=S(=O)(c1cccc(Cl)c1)n1ccc2c(N3CCNCC3)nc3cc(F)ccc3c21. The monoisotopic (exact) mass is 868 g/mol. The van der Waals surface area contributed by atoms with E-state index in [0.717, 1.165) is 63.3 Å². The number of hydrogen-bond acceptors (Lipinski definition) is 10. The summed E-state index contributed by atoms with van der Waals surface area (Å²) in [6, 6.07) is 25.1. The molecular formula is C43H39ClF2N8O4S2. The summed E-state index contributed by atoms with van der Waals surface area (Å²) < 4.78 is 84.4. The number of fused-ring (bicyclic) bond motifs is 6. The molecule has 0 atom stereocenters. The lowest BCUT2D eigenvalue weighted by molar-refractivity contribution is 0.586. The molecule has 0 aliphatic carbocycles. The van der Waals surface area contributed by atoms with Gasteiger partial charge in [0.2, 0.25) is 0 Å². The van der Waals surface area contributed by atoms with Gasteiger partial charge in [0.15, 0.2) is 0 Å². The highest BCUT2D eigenvalue weighted by Gasteiger charge is 2.27. The van der Waals surface area contributed by atoms with Gasteiger partial charge in [0, 0.05) is 103 Å². The van der Waals surface area contributed by atoms with Gasteiger partial charge in [-0.05, 0) is 79.2 Å². The van der Waals surface area contributed by atoms with E-state index in [2.05, 4.69) is 20.4 Å². The van der Waals surface area contributed by atoms with Gasteiger partial charge in [0.25, 0.3) is 20.0 Å². The van der Waals surface area contributed by atoms with Crippen LogP contribution in [0.15, 0.2) is 119 Å². The van der Waals surface area contributed by atoms with Crippen molar-refractivity contribution in [3.8, 4) is 0 Å². The summed E-state index contributed by atoms with van der Waals surface area (Å²) in [5.74, 6) is 0.518. The molecule has 60 heavy (non-hydrogen) atoms. The van der Waals surface area contributed by atoms with Crippen molar-refractivity contribution >= 4 is 86.9 Å². The Kier molecular flexibility index (Phi) is 10.4. The number of hydrogen-bond donors (Lipinski definition) is 2. The second-order valence-electron chi connectivity index (χ2n) is 14.7. The molecule has 0 radical (unpaired) electrons. The van der Waals surface area contributed by atoms with Crippen LogP contribution in [-0.2, 0) is 20.0 Å². The second kappa shape index (κ2) is 15.7. The fourth-order valence-electron chi connectivity index (χ4n) is 7.93. The molecule has 4 aromatic carbocycles. The summed E-state index contributed by atoms with van der Waals surface area (Å²) in [5, 5.41) is 9.56. The number of aryl methyl sites for hydroxylation is 1. The summed E-state index contributed by atoms with van der Waals surface area (Å²) in [5.41, 5.74) is 2.72. The van der Waals surface area contributed by atoms with Gasteiger partial charge in [0.1, 0.15) is 23.3 Å². The fraction of sp³-hybridized carbons (Fsp3) is 0.209. The minimum Gasteiger partial charge on any atom is -0.353 e. The molecule has 0 amide bonds. The molecule has 0 spiro atoms. The Balaban J connectivity index is 0.000000154. The molecule has 2 N–H and O–H groups in total. The topological polar surface area (TPSA) is 134 Å². The molecule has 2 fully saturated rings. The maximum atomic E-state index is 14.0. The van der Waals surface area contributed by atoms with Crippen molar-refractivity contribution in [2.24, 2.45) is 0 Å². The Morgan fingerprint density at radius 1 is 0.567 bits per heavy atom. The fourth-order valence-corrected chi connectivity index (χ4v) is 11.1. The van der Waals surface area contributed by atoms with E-state index in [0.29, 0.717) is 54.9 Å². The Morgan fingerprint density at radius 3 is 1.47 bits per heavy atom. The number of anilines is 2. The van der Waals surface area contributed by atoms with Gasteiger partial charge in [-0.3, -0.25) is 0 Å². The molecule has 2 saturated heterocycles. The minimum absolute atomic E-state index is 0.0864. The quantitative estimate of drug-likeness (QED) is 0.182. The van der Waals surface area contributed by atoms with Crippen LogP contribution in [0.4, 0.5) is 20.4 Å². The first-order valence-electron chi connectivity index (χ1n) is 19.4. The van der Waals surface area contributed by atoms with Crippen molar-refractivity contribution in [3.05, 3.63) is 132 Å². The Labute approximate surface area is 350 Å². The van der Waals surface area contributed by atoms with E-state index in [1.807, 2.05) is 13.0 Å². The lowest BCUT2D eigenvalue weighted by atomic mass is 10.1. The highest BCUT2D eigenvalue weighted by Crippen LogP contribution is 2.37. The van der Waals surface area contributed by atoms with E-state index in [9.17, 15) is 25.6 Å². The highest BCUT2D eigenvalue weighted by molar-refractivity contribution is 7.90. The van der Waals surface area contributed by atoms with E-state index in [4.69, 9.17) is 21.6 Å². The van der Waals surface area contributed by atoms with Crippen molar-refractivity contribution < 1.29 is 25.6 Å². The summed E-state index contributed by atoms with van der Waals surface area (Å²) in [6.07, 6.45) is 3.09. The molecule has 4 aromatic heterocycles. The average molecular weight is 869 g/mol. The minimum atomic E-state index is -3.91. The van der Waals surface area contributed by atoms with Gasteiger partial charge < -0.3 is 20.4 Å². The third-order valence-corrected chi connectivity index (χ3v) is 14.4. The van der Waals surface area contributed by atoms with E-state index in [1.165, 1.54) is 50.5 Å². The van der Waals surface area contributed by atoms with Crippen molar-refractivity contribution in [2.75, 3.05) is 62.2 Å². The Bertz CT molecular complexity index is 2970. The predicted octanol–water partition coefficient (Wildman–Crippen LogP) is 6.91. The number of nitrogens with one attached hydrogen (secondary N) is 2. The molecule has 6 heterocycles. The maximum absolute atomic E-state index is 14.0. The number of aromatic nitrogens is 4. The molecule has 0 saturated carbocycles. The molecule has 0 bridgehead atoms. The normalized spacial score (nSPS) is 15.2. The first-order chi connectivity index (χ1) is 28.9. The third-order valence-electron chi connectivity index (χ3n) is 10.8. The first kappa shape index (κ1) is 39.8. The summed E-state index contributed by atoms with van der Waals surface area (Å²) in [6.45, 7) is 8.04. The van der Waals surface area contributed by atoms with Crippen LogP contribution in [0.3, 0.4) is 0 Å². The van der Waals surface area contributed by atoms with Gasteiger partial charge in [0.05, 0.1) is 31.9 Å². The predicted molar refractivity (Wildman–Crippen MR) is 232 cm³/mol. The Morgan fingerprint density at radius 2 is 1.02 bits per heavy atom. The van der Waals surface area contributed by atoms with Gasteiger partial charge in [-0.25, -0.2) is 43.5 Å². The van der Waals surface area contributed by atoms with Crippen molar-refractivity contribution in [1.29, 1.82) is 0 Å². The molecule has 308 valence electrons. The van der Waals surface area contributed by atoms with E-state index in [-0.39, 0.29) is 9.79 Å².